The number of fused-ring (bicyclic) bond motifs is 1. The highest BCUT2D eigenvalue weighted by molar-refractivity contribution is 7.13. The Hall–Kier alpha value is -6.69. The molecule has 8 rings (SSSR count). The molecule has 4 aromatic heterocycles. The van der Waals surface area contributed by atoms with Crippen molar-refractivity contribution in [2.24, 2.45) is 11.3 Å². The first-order chi connectivity index (χ1) is 37.7. The highest BCUT2D eigenvalue weighted by Gasteiger charge is 2.44. The summed E-state index contributed by atoms with van der Waals surface area (Å²) >= 11 is 1.57. The molecule has 1 saturated heterocycles. The van der Waals surface area contributed by atoms with Crippen molar-refractivity contribution < 1.29 is 48.0 Å². The Kier molecular flexibility index (Phi) is 20.5. The number of carbonyl (C=O) groups is 5. The summed E-state index contributed by atoms with van der Waals surface area (Å²) in [6.45, 7) is 9.75. The summed E-state index contributed by atoms with van der Waals surface area (Å²) in [7, 11) is 0. The van der Waals surface area contributed by atoms with Crippen LogP contribution in [0.15, 0.2) is 72.6 Å². The molecule has 0 bridgehead atoms. The third kappa shape index (κ3) is 16.7. The molecule has 418 valence electrons. The molecule has 2 saturated carbocycles. The summed E-state index contributed by atoms with van der Waals surface area (Å²) < 4.78 is 22.3. The van der Waals surface area contributed by atoms with Gasteiger partial charge in [-0.15, -0.1) is 11.3 Å². The van der Waals surface area contributed by atoms with E-state index < -0.39 is 35.4 Å². The number of carbonyl (C=O) groups excluding carboxylic acids is 5. The van der Waals surface area contributed by atoms with Crippen molar-refractivity contribution in [3.05, 3.63) is 89.5 Å². The van der Waals surface area contributed by atoms with Crippen LogP contribution >= 0.6 is 11.3 Å². The Labute approximate surface area is 458 Å². The average Bonchev–Trinajstić information content (AvgIpc) is 4.05. The molecule has 3 atom stereocenters. The van der Waals surface area contributed by atoms with Crippen LogP contribution in [0.3, 0.4) is 0 Å². The van der Waals surface area contributed by atoms with Gasteiger partial charge in [-0.1, -0.05) is 45.0 Å². The molecule has 22 heteroatoms. The molecule has 0 radical (unpaired) electrons. The van der Waals surface area contributed by atoms with Crippen LogP contribution in [0, 0.1) is 18.3 Å². The number of aromatic nitrogens is 4. The lowest BCUT2D eigenvalue weighted by Crippen LogP contribution is -2.58. The molecule has 21 nitrogen and oxygen atoms in total. The van der Waals surface area contributed by atoms with Gasteiger partial charge in [-0.05, 0) is 80.2 Å². The van der Waals surface area contributed by atoms with Gasteiger partial charge < -0.3 is 60.9 Å². The summed E-state index contributed by atoms with van der Waals surface area (Å²) in [5.74, 6) is -0.452. The number of thiazole rings is 1. The van der Waals surface area contributed by atoms with Crippen molar-refractivity contribution in [1.82, 2.24) is 46.1 Å². The van der Waals surface area contributed by atoms with E-state index in [1.807, 2.05) is 81.7 Å². The molecule has 1 aliphatic heterocycles. The lowest BCUT2D eigenvalue weighted by Gasteiger charge is -2.35. The first-order valence-corrected chi connectivity index (χ1v) is 27.8. The molecule has 78 heavy (non-hydrogen) atoms. The number of nitrogens with zero attached hydrogens (tertiary/aromatic N) is 5. The molecule has 5 aromatic rings. The number of aliphatic hydroxyl groups is 1. The van der Waals surface area contributed by atoms with E-state index in [-0.39, 0.29) is 69.0 Å². The molecule has 0 spiro atoms. The second kappa shape index (κ2) is 27.8. The summed E-state index contributed by atoms with van der Waals surface area (Å²) in [4.78, 5) is 86.9. The summed E-state index contributed by atoms with van der Waals surface area (Å²) in [5, 5.41) is 30.1. The molecule has 1 aromatic carbocycles. The zero-order chi connectivity index (χ0) is 55.0. The second-order valence-corrected chi connectivity index (χ2v) is 21.9. The standard InChI is InChI=1S/C56H73N11O10S/c1-35-50(78-34-61-35)37-7-5-36(6-8-37)29-60-54(72)46-27-42(68)32-67(46)55(73)51(56(2,3)4)66-49(69)33-77-26-25-76-24-23-75-22-21-74-20-19-58-52(70)38-9-12-41(13-10-38)63-53(71)43-31-59-48(28-45(43)62-40-14-15-40)65-47-16-11-39-30-57-18-17-44(39)64-47/h5-8,11,16-18,28,30-31,34,38,40-42,46,51,68H,9-10,12-15,19-27,29,32-33H2,1-4H3,(H,58,70)(H,60,72)(H,63,71)(H,66,69)(H2,59,62,64,65)/t38?,41?,42-,46+,51?/m1/s1. The molecular weight excluding hydrogens is 1020 g/mol. The number of benzene rings is 1. The van der Waals surface area contributed by atoms with E-state index >= 15 is 0 Å². The molecule has 5 heterocycles. The zero-order valence-electron chi connectivity index (χ0n) is 44.9. The van der Waals surface area contributed by atoms with Gasteiger partial charge in [0.1, 0.15) is 30.3 Å². The van der Waals surface area contributed by atoms with Crippen LogP contribution < -0.4 is 31.9 Å². The molecule has 5 amide bonds. The third-order valence-electron chi connectivity index (χ3n) is 13.9. The minimum absolute atomic E-state index is 0.0148. The number of aliphatic hydroxyl groups excluding tert-OH is 1. The number of nitrogens with one attached hydrogen (secondary N) is 6. The van der Waals surface area contributed by atoms with Gasteiger partial charge in [0.2, 0.25) is 23.6 Å². The lowest BCUT2D eigenvalue weighted by molar-refractivity contribution is -0.144. The Bertz CT molecular complexity index is 2820. The van der Waals surface area contributed by atoms with Gasteiger partial charge in [-0.25, -0.2) is 15.0 Å². The highest BCUT2D eigenvalue weighted by Crippen LogP contribution is 2.32. The van der Waals surface area contributed by atoms with Gasteiger partial charge in [0.25, 0.3) is 5.91 Å². The van der Waals surface area contributed by atoms with Gasteiger partial charge in [0.15, 0.2) is 0 Å². The molecular formula is C56H73N11O10S. The Morgan fingerprint density at radius 1 is 0.795 bits per heavy atom. The molecule has 7 N–H and O–H groups in total. The zero-order valence-corrected chi connectivity index (χ0v) is 45.7. The summed E-state index contributed by atoms with van der Waals surface area (Å²) in [5.41, 5.74) is 6.00. The quantitative estimate of drug-likeness (QED) is 0.0339. The molecule has 3 aliphatic rings. The maximum Gasteiger partial charge on any atom is 0.255 e. The first kappa shape index (κ1) is 57.5. The maximum atomic E-state index is 13.9. The van der Waals surface area contributed by atoms with Crippen molar-refractivity contribution in [3.8, 4) is 10.4 Å². The van der Waals surface area contributed by atoms with E-state index in [1.54, 1.807) is 29.9 Å². The Balaban J connectivity index is 0.637. The Morgan fingerprint density at radius 2 is 1.50 bits per heavy atom. The largest absolute Gasteiger partial charge is 0.391 e. The van der Waals surface area contributed by atoms with Gasteiger partial charge >= 0.3 is 0 Å². The maximum absolute atomic E-state index is 13.9. The monoisotopic (exact) mass is 1090 g/mol. The van der Waals surface area contributed by atoms with E-state index in [0.717, 1.165) is 51.1 Å². The topological polar surface area (TPSA) is 269 Å². The number of hydrogen-bond donors (Lipinski definition) is 7. The fraction of sp³-hybridized carbons (Fsp3) is 0.518. The molecule has 3 fully saturated rings. The number of β-amino-alcohol motifs (C(OH)–C–C–N with tert-alkyl or cyclic N) is 1. The van der Waals surface area contributed by atoms with Crippen LogP contribution in [0.2, 0.25) is 0 Å². The van der Waals surface area contributed by atoms with Gasteiger partial charge in [0.05, 0.1) is 85.2 Å². The number of anilines is 3. The number of rotatable bonds is 27. The van der Waals surface area contributed by atoms with Crippen molar-refractivity contribution in [2.75, 3.05) is 76.6 Å². The smallest absolute Gasteiger partial charge is 0.255 e. The van der Waals surface area contributed by atoms with Gasteiger partial charge in [-0.2, -0.15) is 0 Å². The lowest BCUT2D eigenvalue weighted by atomic mass is 9.85. The molecule has 2 aliphatic carbocycles. The van der Waals surface area contributed by atoms with Crippen molar-refractivity contribution in [3.63, 3.8) is 0 Å². The van der Waals surface area contributed by atoms with E-state index in [9.17, 15) is 29.1 Å². The van der Waals surface area contributed by atoms with Gasteiger partial charge in [-0.3, -0.25) is 29.0 Å². The average molecular weight is 1090 g/mol. The van der Waals surface area contributed by atoms with Crippen molar-refractivity contribution in [1.29, 1.82) is 0 Å². The van der Waals surface area contributed by atoms with E-state index in [2.05, 4.69) is 51.8 Å². The van der Waals surface area contributed by atoms with E-state index in [4.69, 9.17) is 18.9 Å². The number of hydrogen-bond acceptors (Lipinski definition) is 17. The van der Waals surface area contributed by atoms with Crippen LogP contribution in [0.25, 0.3) is 21.3 Å². The van der Waals surface area contributed by atoms with Crippen LogP contribution in [0.5, 0.6) is 0 Å². The SMILES string of the molecule is Cc1ncsc1-c1ccc(CNC(=O)[C@@H]2C[C@@H](O)CN2C(=O)C(NC(=O)COCCOCCOCCOCCNC(=O)C2CCC(NC(=O)c3cnc(Nc4ccc5cnccc5n4)cc3NC3CC3)CC2)C(C)(C)C)cc1. The molecule has 1 unspecified atom stereocenters. The number of likely N-dealkylation sites (tertiary alicyclic amines) is 1. The van der Waals surface area contributed by atoms with E-state index in [1.165, 1.54) is 4.90 Å². The van der Waals surface area contributed by atoms with Gasteiger partial charge in [0, 0.05) is 74.1 Å². The predicted molar refractivity (Wildman–Crippen MR) is 295 cm³/mol. The fourth-order valence-corrected chi connectivity index (χ4v) is 10.2. The number of ether oxygens (including phenoxy) is 4. The first-order valence-electron chi connectivity index (χ1n) is 26.9. The van der Waals surface area contributed by atoms with E-state index in [0.29, 0.717) is 88.5 Å². The summed E-state index contributed by atoms with van der Waals surface area (Å²) in [6, 6.07) is 13.8. The number of aryl methyl sites for hydroxylation is 1. The van der Waals surface area contributed by atoms with Crippen LogP contribution in [-0.2, 0) is 44.7 Å². The fourth-order valence-electron chi connectivity index (χ4n) is 9.40. The highest BCUT2D eigenvalue weighted by atomic mass is 32.1. The Morgan fingerprint density at radius 3 is 2.19 bits per heavy atom. The van der Waals surface area contributed by atoms with Crippen LogP contribution in [-0.4, -0.2) is 156 Å². The van der Waals surface area contributed by atoms with Crippen molar-refractivity contribution >= 4 is 69.1 Å². The van der Waals surface area contributed by atoms with Crippen molar-refractivity contribution in [2.45, 2.75) is 109 Å². The van der Waals surface area contributed by atoms with Crippen LogP contribution in [0.4, 0.5) is 17.3 Å². The summed E-state index contributed by atoms with van der Waals surface area (Å²) in [6.07, 6.45) is 9.09. The minimum Gasteiger partial charge on any atom is -0.391 e. The predicted octanol–water partition coefficient (Wildman–Crippen LogP) is 5.05. The minimum atomic E-state index is -0.977. The normalized spacial score (nSPS) is 18.8. The van der Waals surface area contributed by atoms with Crippen LogP contribution in [0.1, 0.15) is 87.3 Å². The number of amides is 5. The second-order valence-electron chi connectivity index (χ2n) is 21.1. The third-order valence-corrected chi connectivity index (χ3v) is 14.8. The number of pyridine rings is 3.